The monoisotopic (exact) mass is 1150 g/mol. The summed E-state index contributed by atoms with van der Waals surface area (Å²) in [5, 5.41) is 50.2. The topological polar surface area (TPSA) is 413 Å². The molecule has 8 amide bonds. The van der Waals surface area contributed by atoms with Crippen molar-refractivity contribution in [3.63, 3.8) is 0 Å². The number of carbonyl (C=O) groups excluding carboxylic acids is 8. The summed E-state index contributed by atoms with van der Waals surface area (Å²) in [5.41, 5.74) is 14.1. The Hall–Kier alpha value is -8.71. The quantitative estimate of drug-likeness (QED) is 0.0282. The normalized spacial score (nSPS) is 14.5. The molecule has 1 aromatic heterocycles. The molecule has 25 nitrogen and oxygen atoms in total. The molecule has 0 radical (unpaired) electrons. The van der Waals surface area contributed by atoms with Crippen molar-refractivity contribution in [2.45, 2.75) is 153 Å². The molecule has 4 rings (SSSR count). The Balaban J connectivity index is 1.54. The fourth-order valence-electron chi connectivity index (χ4n) is 8.92. The summed E-state index contributed by atoms with van der Waals surface area (Å²) in [6, 6.07) is 11.3. The van der Waals surface area contributed by atoms with Crippen LogP contribution in [0.25, 0.3) is 10.9 Å². The number of rotatable bonds is 35. The van der Waals surface area contributed by atoms with Gasteiger partial charge < -0.3 is 74.3 Å². The van der Waals surface area contributed by atoms with E-state index in [1.54, 1.807) is 105 Å². The fraction of sp³-hybridized carbons (Fsp3) is 0.466. The summed E-state index contributed by atoms with van der Waals surface area (Å²) in [7, 11) is 0. The SMILES string of the molecule is CC(C)CC(NC(=O)C(N)CCCCN)C(=O)NC(C(=O)NC(Cc1ccccc1)C(=O)NC(Cc1ccccc1)C(=O)NC(C)C(=O)NC(CCC(=O)O)C(=O)NC(CC(=O)O)C(=O)NC(Cc1c[nH]c2ccccc12)C(=O)O)C(C)C. The van der Waals surface area contributed by atoms with Crippen LogP contribution in [0.3, 0.4) is 0 Å². The Bertz CT molecular complexity index is 2870. The molecule has 0 bridgehead atoms. The molecule has 83 heavy (non-hydrogen) atoms. The van der Waals surface area contributed by atoms with E-state index in [1.807, 2.05) is 13.8 Å². The maximum Gasteiger partial charge on any atom is 0.326 e. The number of para-hydroxylation sites is 1. The van der Waals surface area contributed by atoms with Gasteiger partial charge in [-0.15, -0.1) is 0 Å². The maximum atomic E-state index is 14.6. The van der Waals surface area contributed by atoms with Crippen molar-refractivity contribution in [3.8, 4) is 0 Å². The average molecular weight is 1150 g/mol. The number of amides is 8. The van der Waals surface area contributed by atoms with Crippen LogP contribution < -0.4 is 54.0 Å². The van der Waals surface area contributed by atoms with Crippen LogP contribution in [0.4, 0.5) is 0 Å². The number of fused-ring (bicyclic) bond motifs is 1. The number of hydrogen-bond acceptors (Lipinski definition) is 13. The summed E-state index contributed by atoms with van der Waals surface area (Å²) < 4.78 is 0. The summed E-state index contributed by atoms with van der Waals surface area (Å²) in [6.45, 7) is 8.74. The second-order valence-corrected chi connectivity index (χ2v) is 21.2. The highest BCUT2D eigenvalue weighted by Crippen LogP contribution is 2.20. The third-order valence-electron chi connectivity index (χ3n) is 13.5. The third-order valence-corrected chi connectivity index (χ3v) is 13.5. The number of carbonyl (C=O) groups is 11. The van der Waals surface area contributed by atoms with Gasteiger partial charge in [0.05, 0.1) is 12.5 Å². The first-order chi connectivity index (χ1) is 39.4. The number of aliphatic carboxylic acids is 3. The van der Waals surface area contributed by atoms with Crippen LogP contribution in [0.5, 0.6) is 0 Å². The fourth-order valence-corrected chi connectivity index (χ4v) is 8.92. The standard InChI is InChI=1S/C58H79N11O14/c1-32(2)26-42(64-51(75)39(60)21-14-15-25-59)56(80)69-49(33(3)4)57(81)67-44(28-36-18-10-7-11-19-36)54(78)65-43(27-35-16-8-6-9-17-35)53(77)62-34(5)50(74)63-41(23-24-47(70)71)52(76)66-45(30-48(72)73)55(79)68-46(58(82)83)29-37-31-61-40-22-13-12-20-38(37)40/h6-13,16-20,22,31-34,39,41-46,49,61H,14-15,21,23-30,59-60H2,1-5H3,(H,62,77)(H,63,74)(H,64,75)(H,65,78)(H,66,76)(H,67,81)(H,68,79)(H,69,80)(H,70,71)(H,72,73)(H,82,83). The summed E-state index contributed by atoms with van der Waals surface area (Å²) in [4.78, 5) is 151. The molecule has 9 atom stereocenters. The lowest BCUT2D eigenvalue weighted by atomic mass is 9.98. The Kier molecular flexibility index (Phi) is 26.8. The molecule has 450 valence electrons. The Labute approximate surface area is 481 Å². The van der Waals surface area contributed by atoms with Crippen molar-refractivity contribution < 1.29 is 68.1 Å². The van der Waals surface area contributed by atoms with E-state index in [-0.39, 0.29) is 31.6 Å². The number of unbranched alkanes of at least 4 members (excludes halogenated alkanes) is 1. The predicted molar refractivity (Wildman–Crippen MR) is 305 cm³/mol. The molecule has 0 aliphatic rings. The zero-order chi connectivity index (χ0) is 61.3. The average Bonchev–Trinajstić information content (AvgIpc) is 4.15. The molecular weight excluding hydrogens is 1070 g/mol. The summed E-state index contributed by atoms with van der Waals surface area (Å²) in [6.07, 6.45) is 0.562. The zero-order valence-corrected chi connectivity index (χ0v) is 47.3. The van der Waals surface area contributed by atoms with Gasteiger partial charge in [-0.25, -0.2) is 4.79 Å². The number of benzene rings is 3. The predicted octanol–water partition coefficient (Wildman–Crippen LogP) is 0.677. The number of carboxylic acid groups (broad SMARTS) is 3. The smallest absolute Gasteiger partial charge is 0.326 e. The van der Waals surface area contributed by atoms with Gasteiger partial charge in [-0.2, -0.15) is 0 Å². The van der Waals surface area contributed by atoms with Gasteiger partial charge in [0.1, 0.15) is 48.3 Å². The van der Waals surface area contributed by atoms with Crippen molar-refractivity contribution >= 4 is 76.1 Å². The van der Waals surface area contributed by atoms with Crippen molar-refractivity contribution in [3.05, 3.63) is 108 Å². The van der Waals surface area contributed by atoms with Crippen molar-refractivity contribution in [2.24, 2.45) is 23.3 Å². The molecule has 9 unspecified atom stereocenters. The van der Waals surface area contributed by atoms with Crippen LogP contribution >= 0.6 is 0 Å². The highest BCUT2D eigenvalue weighted by atomic mass is 16.4. The second-order valence-electron chi connectivity index (χ2n) is 21.2. The first-order valence-corrected chi connectivity index (χ1v) is 27.5. The van der Waals surface area contributed by atoms with Gasteiger partial charge in [-0.05, 0) is 73.7 Å². The minimum absolute atomic E-state index is 0.0619. The molecule has 0 aliphatic heterocycles. The van der Waals surface area contributed by atoms with E-state index >= 15 is 0 Å². The van der Waals surface area contributed by atoms with E-state index in [2.05, 4.69) is 47.5 Å². The lowest BCUT2D eigenvalue weighted by Gasteiger charge is -2.29. The first kappa shape index (κ1) is 66.8. The number of hydrogen-bond donors (Lipinski definition) is 14. The number of aromatic amines is 1. The maximum absolute atomic E-state index is 14.6. The zero-order valence-electron chi connectivity index (χ0n) is 47.3. The molecule has 25 heteroatoms. The van der Waals surface area contributed by atoms with Gasteiger partial charge in [0.15, 0.2) is 0 Å². The Morgan fingerprint density at radius 1 is 0.494 bits per heavy atom. The van der Waals surface area contributed by atoms with E-state index in [9.17, 15) is 68.1 Å². The molecule has 4 aromatic rings. The van der Waals surface area contributed by atoms with E-state index in [1.165, 1.54) is 6.92 Å². The number of nitrogens with one attached hydrogen (secondary N) is 9. The van der Waals surface area contributed by atoms with Crippen LogP contribution in [0.15, 0.2) is 91.1 Å². The molecule has 0 spiro atoms. The van der Waals surface area contributed by atoms with Crippen molar-refractivity contribution in [1.29, 1.82) is 0 Å². The molecule has 0 fully saturated rings. The highest BCUT2D eigenvalue weighted by Gasteiger charge is 2.36. The van der Waals surface area contributed by atoms with Gasteiger partial charge >= 0.3 is 17.9 Å². The minimum Gasteiger partial charge on any atom is -0.481 e. The molecular formula is C58H79N11O14. The summed E-state index contributed by atoms with van der Waals surface area (Å²) in [5.74, 6) is -12.2. The Morgan fingerprint density at radius 3 is 1.54 bits per heavy atom. The number of H-pyrrole nitrogens is 1. The van der Waals surface area contributed by atoms with Crippen LogP contribution in [0.1, 0.15) is 96.3 Å². The van der Waals surface area contributed by atoms with Gasteiger partial charge in [0.2, 0.25) is 47.3 Å². The summed E-state index contributed by atoms with van der Waals surface area (Å²) >= 11 is 0. The van der Waals surface area contributed by atoms with Crippen LogP contribution in [-0.2, 0) is 72.0 Å². The van der Waals surface area contributed by atoms with Gasteiger partial charge in [-0.1, -0.05) is 113 Å². The lowest BCUT2D eigenvalue weighted by molar-refractivity contribution is -0.143. The molecule has 0 saturated heterocycles. The minimum atomic E-state index is -1.91. The van der Waals surface area contributed by atoms with Crippen LogP contribution in [0.2, 0.25) is 0 Å². The lowest BCUT2D eigenvalue weighted by Crippen LogP contribution is -2.61. The van der Waals surface area contributed by atoms with E-state index in [0.717, 1.165) is 0 Å². The van der Waals surface area contributed by atoms with E-state index in [4.69, 9.17) is 11.5 Å². The van der Waals surface area contributed by atoms with E-state index < -0.39 is 145 Å². The van der Waals surface area contributed by atoms with Crippen LogP contribution in [0, 0.1) is 11.8 Å². The molecule has 0 saturated carbocycles. The number of nitrogens with two attached hydrogens (primary N) is 2. The molecule has 16 N–H and O–H groups in total. The Morgan fingerprint density at radius 2 is 0.988 bits per heavy atom. The van der Waals surface area contributed by atoms with E-state index in [0.29, 0.717) is 53.4 Å². The highest BCUT2D eigenvalue weighted by molar-refractivity contribution is 5.99. The van der Waals surface area contributed by atoms with Crippen molar-refractivity contribution in [2.75, 3.05) is 6.54 Å². The largest absolute Gasteiger partial charge is 0.481 e. The second kappa shape index (κ2) is 33.3. The first-order valence-electron chi connectivity index (χ1n) is 27.5. The van der Waals surface area contributed by atoms with Gasteiger partial charge in [0.25, 0.3) is 0 Å². The van der Waals surface area contributed by atoms with Gasteiger partial charge in [-0.3, -0.25) is 47.9 Å². The van der Waals surface area contributed by atoms with Crippen LogP contribution in [-0.4, -0.2) is 146 Å². The third kappa shape index (κ3) is 22.3. The number of carboxylic acids is 3. The van der Waals surface area contributed by atoms with Gasteiger partial charge in [0, 0.05) is 42.8 Å². The molecule has 0 aliphatic carbocycles. The van der Waals surface area contributed by atoms with Crippen molar-refractivity contribution in [1.82, 2.24) is 47.5 Å². The number of aromatic nitrogens is 1. The molecule has 3 aromatic carbocycles. The molecule has 1 heterocycles.